The van der Waals surface area contributed by atoms with E-state index in [1.165, 1.54) is 11.3 Å². The first-order chi connectivity index (χ1) is 7.15. The van der Waals surface area contributed by atoms with Crippen molar-refractivity contribution in [1.29, 1.82) is 0 Å². The van der Waals surface area contributed by atoms with E-state index >= 15 is 0 Å². The molecule has 80 valence electrons. The zero-order chi connectivity index (χ0) is 10.8. The second-order valence-electron chi connectivity index (χ2n) is 3.49. The lowest BCUT2D eigenvalue weighted by molar-refractivity contribution is -0.123. The van der Waals surface area contributed by atoms with E-state index in [1.807, 2.05) is 12.3 Å². The summed E-state index contributed by atoms with van der Waals surface area (Å²) in [4.78, 5) is 26.7. The van der Waals surface area contributed by atoms with Crippen LogP contribution in [0.5, 0.6) is 0 Å². The number of aryl methyl sites for hydroxylation is 1. The number of aromatic nitrogens is 1. The summed E-state index contributed by atoms with van der Waals surface area (Å²) in [6.45, 7) is 2.29. The molecular weight excluding hydrogens is 214 g/mol. The highest BCUT2D eigenvalue weighted by Crippen LogP contribution is 2.17. The lowest BCUT2D eigenvalue weighted by atomic mass is 10.1. The number of anilines is 1. The van der Waals surface area contributed by atoms with Gasteiger partial charge in [0.05, 0.1) is 11.6 Å². The Morgan fingerprint density at radius 3 is 3.07 bits per heavy atom. The highest BCUT2D eigenvalue weighted by Gasteiger charge is 2.28. The highest BCUT2D eigenvalue weighted by atomic mass is 32.1. The number of carbonyl (C=O) groups excluding carboxylic acids is 2. The minimum absolute atomic E-state index is 0.0644. The maximum atomic E-state index is 11.6. The lowest BCUT2D eigenvalue weighted by Gasteiger charge is -2.05. The minimum atomic E-state index is -0.262. The molecular formula is C9H11N3O2S. The fourth-order valence-electron chi connectivity index (χ4n) is 1.41. The molecule has 1 aliphatic rings. The van der Waals surface area contributed by atoms with Crippen LogP contribution >= 0.6 is 11.3 Å². The van der Waals surface area contributed by atoms with E-state index in [4.69, 9.17) is 0 Å². The Morgan fingerprint density at radius 1 is 1.73 bits per heavy atom. The minimum Gasteiger partial charge on any atom is -0.355 e. The molecule has 15 heavy (non-hydrogen) atoms. The molecule has 1 aromatic heterocycles. The van der Waals surface area contributed by atoms with E-state index in [0.717, 1.165) is 5.69 Å². The molecule has 5 nitrogen and oxygen atoms in total. The average molecular weight is 225 g/mol. The third-order valence-electron chi connectivity index (χ3n) is 2.20. The fourth-order valence-corrected chi connectivity index (χ4v) is 2.10. The Kier molecular flexibility index (Phi) is 2.68. The van der Waals surface area contributed by atoms with Gasteiger partial charge in [0, 0.05) is 18.3 Å². The number of rotatable bonds is 2. The molecule has 2 rings (SSSR count). The lowest BCUT2D eigenvalue weighted by Crippen LogP contribution is -2.24. The Bertz CT molecular complexity index is 402. The Balaban J connectivity index is 1.95. The van der Waals surface area contributed by atoms with Crippen LogP contribution in [-0.2, 0) is 9.59 Å². The Morgan fingerprint density at radius 2 is 2.53 bits per heavy atom. The fraction of sp³-hybridized carbons (Fsp3) is 0.444. The van der Waals surface area contributed by atoms with Crippen LogP contribution < -0.4 is 10.6 Å². The summed E-state index contributed by atoms with van der Waals surface area (Å²) >= 11 is 1.39. The molecule has 1 saturated heterocycles. The van der Waals surface area contributed by atoms with Gasteiger partial charge in [-0.25, -0.2) is 4.98 Å². The van der Waals surface area contributed by atoms with Crippen LogP contribution in [0.3, 0.4) is 0 Å². The van der Waals surface area contributed by atoms with Gasteiger partial charge in [-0.1, -0.05) is 0 Å². The number of thiazole rings is 1. The standard InChI is InChI=1S/C9H11N3O2S/c1-5-4-15-9(11-5)12-8(14)6-2-7(13)10-3-6/h4,6H,2-3H2,1H3,(H,10,13)(H,11,12,14). The molecule has 1 aliphatic heterocycles. The predicted molar refractivity (Wildman–Crippen MR) is 56.6 cm³/mol. The van der Waals surface area contributed by atoms with Crippen LogP contribution in [-0.4, -0.2) is 23.3 Å². The summed E-state index contributed by atoms with van der Waals surface area (Å²) in [6, 6.07) is 0. The number of carbonyl (C=O) groups is 2. The molecule has 2 heterocycles. The van der Waals surface area contributed by atoms with Crippen molar-refractivity contribution < 1.29 is 9.59 Å². The Hall–Kier alpha value is -1.43. The zero-order valence-corrected chi connectivity index (χ0v) is 9.06. The van der Waals surface area contributed by atoms with Crippen molar-refractivity contribution in [2.75, 3.05) is 11.9 Å². The van der Waals surface area contributed by atoms with E-state index in [9.17, 15) is 9.59 Å². The number of hydrogen-bond acceptors (Lipinski definition) is 4. The van der Waals surface area contributed by atoms with Crippen LogP contribution in [0, 0.1) is 12.8 Å². The van der Waals surface area contributed by atoms with Gasteiger partial charge in [0.1, 0.15) is 0 Å². The molecule has 1 atom stereocenters. The molecule has 2 amide bonds. The van der Waals surface area contributed by atoms with Crippen molar-refractivity contribution in [2.24, 2.45) is 5.92 Å². The molecule has 0 spiro atoms. The maximum Gasteiger partial charge on any atom is 0.231 e. The van der Waals surface area contributed by atoms with Gasteiger partial charge < -0.3 is 10.6 Å². The molecule has 0 aromatic carbocycles. The third kappa shape index (κ3) is 2.33. The second-order valence-corrected chi connectivity index (χ2v) is 4.35. The van der Waals surface area contributed by atoms with Gasteiger partial charge in [-0.15, -0.1) is 11.3 Å². The van der Waals surface area contributed by atoms with Crippen LogP contribution in [0.2, 0.25) is 0 Å². The molecule has 0 radical (unpaired) electrons. The number of amides is 2. The summed E-state index contributed by atoms with van der Waals surface area (Å²) in [5.41, 5.74) is 0.885. The van der Waals surface area contributed by atoms with E-state index in [0.29, 0.717) is 11.7 Å². The summed E-state index contributed by atoms with van der Waals surface area (Å²) in [5, 5.41) is 7.79. The van der Waals surface area contributed by atoms with Gasteiger partial charge >= 0.3 is 0 Å². The Labute approximate surface area is 90.9 Å². The normalized spacial score (nSPS) is 20.1. The first-order valence-electron chi connectivity index (χ1n) is 4.65. The molecule has 2 N–H and O–H groups in total. The monoisotopic (exact) mass is 225 g/mol. The maximum absolute atomic E-state index is 11.6. The van der Waals surface area contributed by atoms with Gasteiger partial charge in [-0.3, -0.25) is 9.59 Å². The molecule has 0 aliphatic carbocycles. The highest BCUT2D eigenvalue weighted by molar-refractivity contribution is 7.13. The zero-order valence-electron chi connectivity index (χ0n) is 8.24. The van der Waals surface area contributed by atoms with Crippen molar-refractivity contribution >= 4 is 28.3 Å². The van der Waals surface area contributed by atoms with Crippen molar-refractivity contribution in [2.45, 2.75) is 13.3 Å². The first-order valence-corrected chi connectivity index (χ1v) is 5.53. The van der Waals surface area contributed by atoms with E-state index in [2.05, 4.69) is 15.6 Å². The van der Waals surface area contributed by atoms with Gasteiger partial charge in [0.25, 0.3) is 0 Å². The van der Waals surface area contributed by atoms with Gasteiger partial charge in [0.2, 0.25) is 11.8 Å². The molecule has 6 heteroatoms. The number of hydrogen-bond donors (Lipinski definition) is 2. The van der Waals surface area contributed by atoms with E-state index in [-0.39, 0.29) is 24.2 Å². The summed E-state index contributed by atoms with van der Waals surface area (Å²) in [6.07, 6.45) is 0.274. The largest absolute Gasteiger partial charge is 0.355 e. The number of nitrogens with zero attached hydrogens (tertiary/aromatic N) is 1. The van der Waals surface area contributed by atoms with Crippen molar-refractivity contribution in [3.05, 3.63) is 11.1 Å². The van der Waals surface area contributed by atoms with Crippen molar-refractivity contribution in [3.63, 3.8) is 0 Å². The van der Waals surface area contributed by atoms with Gasteiger partial charge in [0.15, 0.2) is 5.13 Å². The smallest absolute Gasteiger partial charge is 0.231 e. The van der Waals surface area contributed by atoms with Gasteiger partial charge in [-0.2, -0.15) is 0 Å². The molecule has 0 saturated carbocycles. The predicted octanol–water partition coefficient (Wildman–Crippen LogP) is 0.526. The van der Waals surface area contributed by atoms with Crippen LogP contribution in [0.15, 0.2) is 5.38 Å². The summed E-state index contributed by atoms with van der Waals surface area (Å²) in [7, 11) is 0. The van der Waals surface area contributed by atoms with Crippen LogP contribution in [0.4, 0.5) is 5.13 Å². The molecule has 1 aromatic rings. The van der Waals surface area contributed by atoms with Crippen LogP contribution in [0.25, 0.3) is 0 Å². The number of nitrogens with one attached hydrogen (secondary N) is 2. The topological polar surface area (TPSA) is 71.1 Å². The summed E-state index contributed by atoms with van der Waals surface area (Å²) < 4.78 is 0. The van der Waals surface area contributed by atoms with E-state index in [1.54, 1.807) is 0 Å². The van der Waals surface area contributed by atoms with Crippen molar-refractivity contribution in [1.82, 2.24) is 10.3 Å². The first kappa shape index (κ1) is 10.1. The van der Waals surface area contributed by atoms with Crippen molar-refractivity contribution in [3.8, 4) is 0 Å². The third-order valence-corrected chi connectivity index (χ3v) is 3.07. The quantitative estimate of drug-likeness (QED) is 0.771. The van der Waals surface area contributed by atoms with E-state index < -0.39 is 0 Å². The van der Waals surface area contributed by atoms with Gasteiger partial charge in [-0.05, 0) is 6.92 Å². The average Bonchev–Trinajstić information content (AvgIpc) is 2.75. The SMILES string of the molecule is Cc1csc(NC(=O)C2CNC(=O)C2)n1. The summed E-state index contributed by atoms with van der Waals surface area (Å²) in [5.74, 6) is -0.463. The van der Waals surface area contributed by atoms with Crippen LogP contribution in [0.1, 0.15) is 12.1 Å². The molecule has 1 unspecified atom stereocenters. The second kappa shape index (κ2) is 3.98. The molecule has 1 fully saturated rings. The molecule has 0 bridgehead atoms.